The van der Waals surface area contributed by atoms with E-state index in [9.17, 15) is 0 Å². The molecule has 0 radical (unpaired) electrons. The molecule has 0 aliphatic rings. The molecular weight excluding hydrogens is 250 g/mol. The Bertz CT molecular complexity index is 754. The van der Waals surface area contributed by atoms with Crippen molar-refractivity contribution in [1.29, 1.82) is 0 Å². The van der Waals surface area contributed by atoms with Gasteiger partial charge in [0.1, 0.15) is 5.82 Å². The zero-order valence-electron chi connectivity index (χ0n) is 10.9. The summed E-state index contributed by atoms with van der Waals surface area (Å²) in [5.41, 5.74) is 14.2. The van der Waals surface area contributed by atoms with Crippen LogP contribution in [0.25, 0.3) is 10.9 Å². The van der Waals surface area contributed by atoms with Gasteiger partial charge in [0, 0.05) is 18.1 Å². The summed E-state index contributed by atoms with van der Waals surface area (Å²) in [6.45, 7) is 0.630. The van der Waals surface area contributed by atoms with Crippen molar-refractivity contribution >= 4 is 28.2 Å². The van der Waals surface area contributed by atoms with E-state index < -0.39 is 0 Å². The Kier molecular flexibility index (Phi) is 3.09. The molecule has 3 rings (SSSR count). The first kappa shape index (κ1) is 12.2. The van der Waals surface area contributed by atoms with Crippen LogP contribution in [0.4, 0.5) is 17.3 Å². The molecule has 0 aliphatic heterocycles. The van der Waals surface area contributed by atoms with Gasteiger partial charge in [0.25, 0.3) is 0 Å². The van der Waals surface area contributed by atoms with Gasteiger partial charge in [-0.3, -0.25) is 4.98 Å². The minimum absolute atomic E-state index is 0.449. The van der Waals surface area contributed by atoms with Gasteiger partial charge in [-0.05, 0) is 35.9 Å². The van der Waals surface area contributed by atoms with Gasteiger partial charge in [-0.15, -0.1) is 0 Å². The lowest BCUT2D eigenvalue weighted by molar-refractivity contribution is 1.12. The average molecular weight is 265 g/mol. The molecule has 3 aromatic rings. The summed E-state index contributed by atoms with van der Waals surface area (Å²) in [5, 5.41) is 4.31. The predicted molar refractivity (Wildman–Crippen MR) is 82.1 cm³/mol. The van der Waals surface area contributed by atoms with E-state index in [1.54, 1.807) is 18.3 Å². The van der Waals surface area contributed by atoms with Crippen LogP contribution in [0.5, 0.6) is 0 Å². The van der Waals surface area contributed by atoms with Crippen LogP contribution in [-0.4, -0.2) is 9.97 Å². The minimum atomic E-state index is 0.449. The highest BCUT2D eigenvalue weighted by Gasteiger charge is 2.02. The zero-order chi connectivity index (χ0) is 13.9. The first-order valence-corrected chi connectivity index (χ1v) is 6.32. The maximum Gasteiger partial charge on any atom is 0.151 e. The fourth-order valence-electron chi connectivity index (χ4n) is 2.05. The van der Waals surface area contributed by atoms with Crippen molar-refractivity contribution in [3.8, 4) is 0 Å². The van der Waals surface area contributed by atoms with Gasteiger partial charge in [-0.1, -0.05) is 12.1 Å². The third-order valence-corrected chi connectivity index (χ3v) is 3.08. The van der Waals surface area contributed by atoms with E-state index in [2.05, 4.69) is 21.4 Å². The van der Waals surface area contributed by atoms with Crippen LogP contribution >= 0.6 is 0 Å². The van der Waals surface area contributed by atoms with E-state index in [4.69, 9.17) is 11.5 Å². The zero-order valence-corrected chi connectivity index (χ0v) is 10.9. The summed E-state index contributed by atoms with van der Waals surface area (Å²) in [6.07, 6.45) is 1.79. The smallest absolute Gasteiger partial charge is 0.151 e. The standard InChI is InChI=1S/C15H15N5/c16-12-4-6-14(17)20-15(12)19-9-10-3-5-13-11(8-10)2-1-7-18-13/h1-8H,9,16H2,(H3,17,19,20). The van der Waals surface area contributed by atoms with Crippen LogP contribution in [0.2, 0.25) is 0 Å². The fourth-order valence-corrected chi connectivity index (χ4v) is 2.05. The molecule has 1 aromatic carbocycles. The molecule has 0 saturated carbocycles. The molecule has 5 heteroatoms. The number of pyridine rings is 2. The molecule has 0 saturated heterocycles. The Hall–Kier alpha value is -2.82. The summed E-state index contributed by atoms with van der Waals surface area (Å²) in [7, 11) is 0. The molecule has 100 valence electrons. The Labute approximate surface area is 116 Å². The van der Waals surface area contributed by atoms with Gasteiger partial charge >= 0.3 is 0 Å². The lowest BCUT2D eigenvalue weighted by Gasteiger charge is -2.09. The molecule has 0 unspecified atom stereocenters. The first-order chi connectivity index (χ1) is 9.72. The fraction of sp³-hybridized carbons (Fsp3) is 0.0667. The lowest BCUT2D eigenvalue weighted by Crippen LogP contribution is -2.06. The van der Waals surface area contributed by atoms with E-state index >= 15 is 0 Å². The molecule has 0 spiro atoms. The number of hydrogen-bond acceptors (Lipinski definition) is 5. The number of aromatic nitrogens is 2. The lowest BCUT2D eigenvalue weighted by atomic mass is 10.1. The highest BCUT2D eigenvalue weighted by Crippen LogP contribution is 2.19. The molecular formula is C15H15N5. The van der Waals surface area contributed by atoms with Crippen molar-refractivity contribution in [3.63, 3.8) is 0 Å². The van der Waals surface area contributed by atoms with Gasteiger partial charge in [0.15, 0.2) is 5.82 Å². The van der Waals surface area contributed by atoms with Gasteiger partial charge < -0.3 is 16.8 Å². The molecule has 20 heavy (non-hydrogen) atoms. The number of fused-ring (bicyclic) bond motifs is 1. The third kappa shape index (κ3) is 2.47. The van der Waals surface area contributed by atoms with Gasteiger partial charge in [0.2, 0.25) is 0 Å². The number of nitrogens with two attached hydrogens (primary N) is 2. The number of rotatable bonds is 3. The van der Waals surface area contributed by atoms with Crippen LogP contribution < -0.4 is 16.8 Å². The quantitative estimate of drug-likeness (QED) is 0.676. The van der Waals surface area contributed by atoms with Gasteiger partial charge in [-0.25, -0.2) is 4.98 Å². The molecule has 2 heterocycles. The number of nitrogens with zero attached hydrogens (tertiary/aromatic N) is 2. The van der Waals surface area contributed by atoms with Crippen molar-refractivity contribution in [1.82, 2.24) is 9.97 Å². The maximum absolute atomic E-state index is 5.85. The second-order valence-electron chi connectivity index (χ2n) is 4.56. The molecule has 0 atom stereocenters. The number of nitrogen functional groups attached to an aromatic ring is 2. The van der Waals surface area contributed by atoms with Gasteiger partial charge in [-0.2, -0.15) is 0 Å². The monoisotopic (exact) mass is 265 g/mol. The highest BCUT2D eigenvalue weighted by atomic mass is 15.0. The predicted octanol–water partition coefficient (Wildman–Crippen LogP) is 2.41. The summed E-state index contributed by atoms with van der Waals surface area (Å²) < 4.78 is 0. The molecule has 5 N–H and O–H groups in total. The molecule has 0 amide bonds. The molecule has 0 aliphatic carbocycles. The Morgan fingerprint density at radius 3 is 2.85 bits per heavy atom. The molecule has 0 bridgehead atoms. The largest absolute Gasteiger partial charge is 0.396 e. The van der Waals surface area contributed by atoms with Crippen molar-refractivity contribution < 1.29 is 0 Å². The Balaban J connectivity index is 1.81. The second kappa shape index (κ2) is 5.05. The van der Waals surface area contributed by atoms with E-state index in [0.29, 0.717) is 23.9 Å². The maximum atomic E-state index is 5.85. The average Bonchev–Trinajstić information content (AvgIpc) is 2.48. The van der Waals surface area contributed by atoms with Crippen molar-refractivity contribution in [2.45, 2.75) is 6.54 Å². The third-order valence-electron chi connectivity index (χ3n) is 3.08. The summed E-state index contributed by atoms with van der Waals surface area (Å²) in [6, 6.07) is 13.5. The van der Waals surface area contributed by atoms with Crippen LogP contribution in [0.1, 0.15) is 5.56 Å². The van der Waals surface area contributed by atoms with Crippen molar-refractivity contribution in [2.24, 2.45) is 0 Å². The van der Waals surface area contributed by atoms with E-state index in [1.807, 2.05) is 24.3 Å². The van der Waals surface area contributed by atoms with Crippen molar-refractivity contribution in [2.75, 3.05) is 16.8 Å². The minimum Gasteiger partial charge on any atom is -0.396 e. The van der Waals surface area contributed by atoms with Crippen molar-refractivity contribution in [3.05, 3.63) is 54.2 Å². The second-order valence-corrected chi connectivity index (χ2v) is 4.56. The highest BCUT2D eigenvalue weighted by molar-refractivity contribution is 5.79. The normalized spacial score (nSPS) is 10.6. The number of benzene rings is 1. The molecule has 2 aromatic heterocycles. The summed E-state index contributed by atoms with van der Waals surface area (Å²) >= 11 is 0. The van der Waals surface area contributed by atoms with Crippen LogP contribution in [-0.2, 0) is 6.54 Å². The van der Waals surface area contributed by atoms with E-state index in [-0.39, 0.29) is 0 Å². The topological polar surface area (TPSA) is 89.8 Å². The van der Waals surface area contributed by atoms with E-state index in [1.165, 1.54) is 0 Å². The van der Waals surface area contributed by atoms with Crippen LogP contribution in [0.3, 0.4) is 0 Å². The summed E-state index contributed by atoms with van der Waals surface area (Å²) in [5.74, 6) is 1.06. The first-order valence-electron chi connectivity index (χ1n) is 6.32. The Morgan fingerprint density at radius 1 is 1.05 bits per heavy atom. The Morgan fingerprint density at radius 2 is 1.95 bits per heavy atom. The molecule has 0 fully saturated rings. The van der Waals surface area contributed by atoms with E-state index in [0.717, 1.165) is 16.5 Å². The summed E-state index contributed by atoms with van der Waals surface area (Å²) in [4.78, 5) is 8.48. The number of hydrogen-bond donors (Lipinski definition) is 3. The van der Waals surface area contributed by atoms with Gasteiger partial charge in [0.05, 0.1) is 11.2 Å². The SMILES string of the molecule is Nc1ccc(N)c(NCc2ccc3ncccc3c2)n1. The number of nitrogens with one attached hydrogen (secondary N) is 1. The number of anilines is 3. The van der Waals surface area contributed by atoms with Crippen LogP contribution in [0, 0.1) is 0 Å². The molecule has 5 nitrogen and oxygen atoms in total. The van der Waals surface area contributed by atoms with Crippen LogP contribution in [0.15, 0.2) is 48.7 Å².